The van der Waals surface area contributed by atoms with E-state index in [1.807, 2.05) is 18.2 Å². The van der Waals surface area contributed by atoms with Crippen LogP contribution in [0.2, 0.25) is 0 Å². The van der Waals surface area contributed by atoms with Crippen LogP contribution in [0.25, 0.3) is 10.9 Å². The Morgan fingerprint density at radius 1 is 1.07 bits per heavy atom. The zero-order valence-corrected chi connectivity index (χ0v) is 17.4. The molecule has 0 aliphatic carbocycles. The van der Waals surface area contributed by atoms with Crippen LogP contribution in [0, 0.1) is 0 Å². The summed E-state index contributed by atoms with van der Waals surface area (Å²) in [6.45, 7) is 0.0382. The van der Waals surface area contributed by atoms with Gasteiger partial charge in [0.05, 0.1) is 17.7 Å². The number of carbonyl (C=O) groups is 1. The number of aromatic nitrogens is 1. The van der Waals surface area contributed by atoms with Gasteiger partial charge in [0.1, 0.15) is 11.5 Å². The second-order valence-corrected chi connectivity index (χ2v) is 8.98. The Kier molecular flexibility index (Phi) is 5.27. The van der Waals surface area contributed by atoms with Crippen LogP contribution in [0.5, 0.6) is 0 Å². The number of hydrogen-bond acceptors (Lipinski definition) is 4. The minimum Gasteiger partial charge on any atom is -0.468 e. The van der Waals surface area contributed by atoms with Gasteiger partial charge in [0.15, 0.2) is 0 Å². The topological polar surface area (TPSA) is 104 Å². The van der Waals surface area contributed by atoms with E-state index in [0.717, 1.165) is 15.4 Å². The molecule has 2 aromatic carbocycles. The molecule has 0 aliphatic heterocycles. The van der Waals surface area contributed by atoms with Crippen molar-refractivity contribution in [2.45, 2.75) is 11.4 Å². The number of nitrogens with one attached hydrogen (secondary N) is 3. The van der Waals surface area contributed by atoms with Gasteiger partial charge in [-0.15, -0.1) is 0 Å². The van der Waals surface area contributed by atoms with E-state index in [4.69, 9.17) is 4.42 Å². The summed E-state index contributed by atoms with van der Waals surface area (Å²) < 4.78 is 33.5. The molecule has 29 heavy (non-hydrogen) atoms. The first-order valence-electron chi connectivity index (χ1n) is 8.62. The lowest BCUT2D eigenvalue weighted by molar-refractivity contribution is 0.102. The summed E-state index contributed by atoms with van der Waals surface area (Å²) in [5.74, 6) is 0.138. The third-order valence-electron chi connectivity index (χ3n) is 4.25. The lowest BCUT2D eigenvalue weighted by Gasteiger charge is -2.08. The zero-order chi connectivity index (χ0) is 20.4. The first-order chi connectivity index (χ1) is 13.9. The normalized spacial score (nSPS) is 11.6. The number of aromatic amines is 1. The van der Waals surface area contributed by atoms with Crippen molar-refractivity contribution in [3.63, 3.8) is 0 Å². The average molecular weight is 474 g/mol. The fourth-order valence-corrected chi connectivity index (χ4v) is 4.22. The Morgan fingerprint density at radius 3 is 2.72 bits per heavy atom. The number of benzene rings is 2. The van der Waals surface area contributed by atoms with Gasteiger partial charge in [0, 0.05) is 21.1 Å². The summed E-state index contributed by atoms with van der Waals surface area (Å²) in [4.78, 5) is 15.7. The molecule has 2 heterocycles. The summed E-state index contributed by atoms with van der Waals surface area (Å²) >= 11 is 3.39. The van der Waals surface area contributed by atoms with Crippen LogP contribution in [0.4, 0.5) is 5.69 Å². The Labute approximate surface area is 175 Å². The van der Waals surface area contributed by atoms with Crippen LogP contribution in [-0.4, -0.2) is 19.3 Å². The standard InChI is InChI=1S/C20H16BrN3O4S/c21-14-7-6-13-9-19(24-18(13)10-14)20(25)23-15-3-1-5-17(11-15)29(26,27)22-12-16-4-2-8-28-16/h1-11,22,24H,12H2,(H,23,25). The molecule has 4 aromatic rings. The number of halogens is 1. The number of hydrogen-bond donors (Lipinski definition) is 3. The lowest BCUT2D eigenvalue weighted by atomic mass is 10.2. The molecule has 1 amide bonds. The van der Waals surface area contributed by atoms with Crippen molar-refractivity contribution in [1.82, 2.24) is 9.71 Å². The number of carbonyl (C=O) groups excluding carboxylic acids is 1. The van der Waals surface area contributed by atoms with Gasteiger partial charge in [-0.25, -0.2) is 13.1 Å². The molecule has 4 rings (SSSR count). The third-order valence-corrected chi connectivity index (χ3v) is 6.14. The first-order valence-corrected chi connectivity index (χ1v) is 10.9. The van der Waals surface area contributed by atoms with Gasteiger partial charge in [-0.3, -0.25) is 4.79 Å². The second-order valence-electron chi connectivity index (χ2n) is 6.30. The Hall–Kier alpha value is -2.88. The van der Waals surface area contributed by atoms with Crippen LogP contribution in [0.1, 0.15) is 16.2 Å². The maximum absolute atomic E-state index is 12.6. The Bertz CT molecular complexity index is 1280. The second kappa shape index (κ2) is 7.86. The van der Waals surface area contributed by atoms with E-state index in [0.29, 0.717) is 17.1 Å². The fraction of sp³-hybridized carbons (Fsp3) is 0.0500. The lowest BCUT2D eigenvalue weighted by Crippen LogP contribution is -2.23. The molecule has 0 aliphatic rings. The summed E-state index contributed by atoms with van der Waals surface area (Å²) in [7, 11) is -3.76. The molecule has 0 atom stereocenters. The van der Waals surface area contributed by atoms with E-state index in [9.17, 15) is 13.2 Å². The van der Waals surface area contributed by atoms with Gasteiger partial charge >= 0.3 is 0 Å². The third kappa shape index (κ3) is 4.42. The molecular formula is C20H16BrN3O4S. The van der Waals surface area contributed by atoms with Crippen LogP contribution < -0.4 is 10.0 Å². The van der Waals surface area contributed by atoms with Gasteiger partial charge < -0.3 is 14.7 Å². The van der Waals surface area contributed by atoms with Gasteiger partial charge in [0.25, 0.3) is 5.91 Å². The monoisotopic (exact) mass is 473 g/mol. The van der Waals surface area contributed by atoms with Crippen LogP contribution >= 0.6 is 15.9 Å². The molecule has 0 radical (unpaired) electrons. The summed E-state index contributed by atoms with van der Waals surface area (Å²) in [5, 5.41) is 3.62. The molecule has 0 spiro atoms. The smallest absolute Gasteiger partial charge is 0.272 e. The molecule has 9 heteroatoms. The van der Waals surface area contributed by atoms with Crippen molar-refractivity contribution < 1.29 is 17.6 Å². The molecule has 0 bridgehead atoms. The number of fused-ring (bicyclic) bond motifs is 1. The van der Waals surface area contributed by atoms with Crippen LogP contribution in [0.15, 0.2) is 80.7 Å². The highest BCUT2D eigenvalue weighted by Gasteiger charge is 2.16. The molecule has 0 saturated heterocycles. The van der Waals surface area contributed by atoms with Crippen molar-refractivity contribution in [1.29, 1.82) is 0 Å². The van der Waals surface area contributed by atoms with E-state index in [-0.39, 0.29) is 17.3 Å². The Balaban J connectivity index is 1.51. The predicted molar refractivity (Wildman–Crippen MR) is 113 cm³/mol. The predicted octanol–water partition coefficient (Wildman–Crippen LogP) is 4.25. The van der Waals surface area contributed by atoms with E-state index in [2.05, 4.69) is 31.0 Å². The largest absolute Gasteiger partial charge is 0.468 e. The molecule has 2 aromatic heterocycles. The van der Waals surface area contributed by atoms with Crippen molar-refractivity contribution in [2.75, 3.05) is 5.32 Å². The maximum Gasteiger partial charge on any atom is 0.272 e. The van der Waals surface area contributed by atoms with E-state index < -0.39 is 10.0 Å². The highest BCUT2D eigenvalue weighted by atomic mass is 79.9. The number of amides is 1. The molecule has 7 nitrogen and oxygen atoms in total. The highest BCUT2D eigenvalue weighted by Crippen LogP contribution is 2.22. The average Bonchev–Trinajstić information content (AvgIpc) is 3.36. The highest BCUT2D eigenvalue weighted by molar-refractivity contribution is 9.10. The first kappa shape index (κ1) is 19.4. The van der Waals surface area contributed by atoms with Gasteiger partial charge in [0.2, 0.25) is 10.0 Å². The van der Waals surface area contributed by atoms with Crippen molar-refractivity contribution >= 4 is 48.5 Å². The molecule has 3 N–H and O–H groups in total. The molecule has 148 valence electrons. The summed E-state index contributed by atoms with van der Waals surface area (Å²) in [5.41, 5.74) is 1.57. The number of furan rings is 1. The Morgan fingerprint density at radius 2 is 1.93 bits per heavy atom. The number of rotatable bonds is 6. The van der Waals surface area contributed by atoms with Crippen molar-refractivity contribution in [2.24, 2.45) is 0 Å². The quantitative estimate of drug-likeness (QED) is 0.389. The molecular weight excluding hydrogens is 458 g/mol. The molecule has 0 fully saturated rings. The summed E-state index contributed by atoms with van der Waals surface area (Å²) in [6, 6.07) is 16.8. The summed E-state index contributed by atoms with van der Waals surface area (Å²) in [6.07, 6.45) is 1.47. The van der Waals surface area contributed by atoms with Crippen molar-refractivity contribution in [3.8, 4) is 0 Å². The van der Waals surface area contributed by atoms with Gasteiger partial charge in [-0.05, 0) is 48.5 Å². The molecule has 0 unspecified atom stereocenters. The van der Waals surface area contributed by atoms with Gasteiger partial charge in [-0.2, -0.15) is 0 Å². The van der Waals surface area contributed by atoms with Gasteiger partial charge in [-0.1, -0.05) is 28.1 Å². The molecule has 0 saturated carbocycles. The number of anilines is 1. The SMILES string of the molecule is O=C(Nc1cccc(S(=O)(=O)NCc2ccco2)c1)c1cc2ccc(Br)cc2[nH]1. The number of sulfonamides is 1. The minimum absolute atomic E-state index is 0.0382. The minimum atomic E-state index is -3.76. The van der Waals surface area contributed by atoms with Crippen molar-refractivity contribution in [3.05, 3.63) is 82.9 Å². The number of H-pyrrole nitrogens is 1. The zero-order valence-electron chi connectivity index (χ0n) is 15.0. The fourth-order valence-electron chi connectivity index (χ4n) is 2.82. The van der Waals surface area contributed by atoms with E-state index in [1.54, 1.807) is 30.3 Å². The van der Waals surface area contributed by atoms with E-state index in [1.165, 1.54) is 18.4 Å². The maximum atomic E-state index is 12.6. The van der Waals surface area contributed by atoms with E-state index >= 15 is 0 Å². The van der Waals surface area contributed by atoms with Crippen LogP contribution in [0.3, 0.4) is 0 Å². The van der Waals surface area contributed by atoms with Crippen LogP contribution in [-0.2, 0) is 16.6 Å².